The number of aromatic amines is 2. The molecular weight excluding hydrogens is 1230 g/mol. The first kappa shape index (κ1) is 71.9. The van der Waals surface area contributed by atoms with Crippen LogP contribution in [0.25, 0.3) is 21.7 Å². The lowest BCUT2D eigenvalue weighted by molar-refractivity contribution is -0.135. The topological polar surface area (TPSA) is 478 Å². The number of imidazole rings is 1. The van der Waals surface area contributed by atoms with E-state index in [1.54, 1.807) is 42.6 Å². The number of primary amides is 1. The second-order valence-corrected chi connectivity index (χ2v) is 22.7. The summed E-state index contributed by atoms with van der Waals surface area (Å²) in [4.78, 5) is 157. The number of rotatable bonds is 36. The maximum Gasteiger partial charge on any atom is 0.244 e. The highest BCUT2D eigenvalue weighted by Crippen LogP contribution is 2.22. The van der Waals surface area contributed by atoms with E-state index in [1.165, 1.54) is 26.4 Å². The van der Waals surface area contributed by atoms with E-state index in [-0.39, 0.29) is 87.9 Å². The van der Waals surface area contributed by atoms with Crippen molar-refractivity contribution >= 4 is 118 Å². The van der Waals surface area contributed by atoms with Crippen LogP contribution in [-0.2, 0) is 73.6 Å². The van der Waals surface area contributed by atoms with Crippen molar-refractivity contribution < 1.29 is 47.9 Å². The first-order chi connectivity index (χ1) is 44.5. The van der Waals surface area contributed by atoms with Crippen molar-refractivity contribution in [2.24, 2.45) is 38.7 Å². The van der Waals surface area contributed by atoms with Crippen molar-refractivity contribution in [3.8, 4) is 0 Å². The van der Waals surface area contributed by atoms with Crippen LogP contribution < -0.4 is 76.5 Å². The fourth-order valence-electron chi connectivity index (χ4n) is 10.0. The molecule has 9 atom stereocenters. The second-order valence-electron chi connectivity index (χ2n) is 22.0. The number of fused-ring (bicyclic) bond motifs is 2. The van der Waals surface area contributed by atoms with Gasteiger partial charge in [-0.3, -0.25) is 57.9 Å². The minimum atomic E-state index is -1.46. The number of aromatic nitrogens is 3. The molecule has 4 aromatic carbocycles. The summed E-state index contributed by atoms with van der Waals surface area (Å²) in [5.74, 6) is -8.82. The van der Waals surface area contributed by atoms with Crippen LogP contribution in [0.4, 0.5) is 0 Å². The highest BCUT2D eigenvalue weighted by atomic mass is 32.1. The predicted octanol–water partition coefficient (Wildman–Crippen LogP) is -1.83. The molecule has 0 unspecified atom stereocenters. The lowest BCUT2D eigenvalue weighted by Gasteiger charge is -2.27. The summed E-state index contributed by atoms with van der Waals surface area (Å²) >= 11 is 8.49. The molecule has 0 spiro atoms. The van der Waals surface area contributed by atoms with Gasteiger partial charge in [-0.1, -0.05) is 91.0 Å². The number of benzene rings is 4. The SMILES string of the molecule is CC(=O)N[C@@H](Cc1cccc2ccccc12)C(=O)N[C@@H](CCCN=C(N)N)C(=O)N[C@@H](CS)C(=O)N[C@H](C)C(=O)N[C@@H](Cc1cnc[nH]1)C(=O)N[C@H](Cc1ccccc1)C(=O)N[C@@H](CCCN=C(N)N)C(=O)N[C@@H](Cc1c[nH]c2ccccc12)C(=O)N[C@@H](CS)C(N)=O. The molecule has 29 nitrogen and oxygen atoms in total. The van der Waals surface area contributed by atoms with Crippen molar-refractivity contribution in [1.29, 1.82) is 0 Å². The standard InChI is InChI=1S/C62H81N19O10S2/c1-34(73-60(91)51(32-93)81-55(86)45(22-12-24-70-62(66)67)76-57(88)47(74-35(2)82)26-38-17-10-16-37-15-6-7-18-41(37)38)53(84)77-49(28-40-30-68-33-72-40)59(90)78-46(25-36-13-4-3-5-14-36)56(87)75-44(21-11-23-69-61(64)65)54(85)79-48(58(89)80-50(31-92)52(63)83)27-39-29-71-43-20-9-8-19-42(39)43/h3-10,13-20,29-30,33-34,44-51,71,92-93H,11-12,21-28,31-32H2,1-2H3,(H2,63,83)(H,68,72)(H,73,91)(H,74,82)(H,75,87)(H,76,88)(H,77,84)(H,78,90)(H,79,85)(H,80,89)(H,81,86)(H4,64,65,69)(H4,66,67,70)/t34-,44+,45+,46-,47+,48+,49+,50+,51+/m1/s1. The number of hydrogen-bond donors (Lipinski definition) is 18. The largest absolute Gasteiger partial charge is 0.370 e. The van der Waals surface area contributed by atoms with Crippen molar-refractivity contribution in [1.82, 2.24) is 62.8 Å². The van der Waals surface area contributed by atoms with Gasteiger partial charge in [-0.15, -0.1) is 0 Å². The molecule has 0 radical (unpaired) electrons. The number of nitrogens with zero attached hydrogens (tertiary/aromatic N) is 3. The smallest absolute Gasteiger partial charge is 0.244 e. The zero-order valence-corrected chi connectivity index (χ0v) is 53.1. The fourth-order valence-corrected chi connectivity index (χ4v) is 10.5. The van der Waals surface area contributed by atoms with Gasteiger partial charge in [0.2, 0.25) is 59.1 Å². The van der Waals surface area contributed by atoms with Crippen LogP contribution in [0.2, 0.25) is 0 Å². The third-order valence-electron chi connectivity index (χ3n) is 14.8. The number of H-pyrrole nitrogens is 2. The molecule has 93 heavy (non-hydrogen) atoms. The van der Waals surface area contributed by atoms with Crippen molar-refractivity contribution in [2.75, 3.05) is 24.6 Å². The lowest BCUT2D eigenvalue weighted by Crippen LogP contribution is -2.61. The van der Waals surface area contributed by atoms with Crippen LogP contribution in [0.1, 0.15) is 61.9 Å². The Morgan fingerprint density at radius 1 is 0.473 bits per heavy atom. The maximum absolute atomic E-state index is 14.8. The van der Waals surface area contributed by atoms with Gasteiger partial charge in [0.15, 0.2) is 11.9 Å². The van der Waals surface area contributed by atoms with Gasteiger partial charge in [0.1, 0.15) is 54.4 Å². The number of guanidine groups is 2. The molecule has 6 rings (SSSR count). The monoisotopic (exact) mass is 1320 g/mol. The van der Waals surface area contributed by atoms with E-state index in [9.17, 15) is 47.9 Å². The zero-order chi connectivity index (χ0) is 67.6. The first-order valence-electron chi connectivity index (χ1n) is 29.9. The van der Waals surface area contributed by atoms with E-state index in [1.807, 2.05) is 60.7 Å². The number of nitrogens with two attached hydrogens (primary N) is 5. The molecular formula is C62H81N19O10S2. The summed E-state index contributed by atoms with van der Waals surface area (Å²) in [6, 6.07) is 16.9. The number of carbonyl (C=O) groups is 10. The number of para-hydroxylation sites is 1. The van der Waals surface area contributed by atoms with E-state index >= 15 is 0 Å². The van der Waals surface area contributed by atoms with Crippen molar-refractivity contribution in [3.63, 3.8) is 0 Å². The molecule has 0 saturated heterocycles. The van der Waals surface area contributed by atoms with Crippen LogP contribution in [0.3, 0.4) is 0 Å². The zero-order valence-electron chi connectivity index (χ0n) is 51.4. The Morgan fingerprint density at radius 3 is 1.49 bits per heavy atom. The lowest BCUT2D eigenvalue weighted by atomic mass is 9.98. The molecule has 0 bridgehead atoms. The van der Waals surface area contributed by atoms with E-state index in [2.05, 4.69) is 98.0 Å². The normalized spacial score (nSPS) is 13.9. The van der Waals surface area contributed by atoms with E-state index in [0.717, 1.165) is 27.2 Å². The molecule has 496 valence electrons. The molecule has 21 N–H and O–H groups in total. The first-order valence-corrected chi connectivity index (χ1v) is 31.1. The highest BCUT2D eigenvalue weighted by molar-refractivity contribution is 7.80. The molecule has 0 aliphatic carbocycles. The number of hydrogen-bond acceptors (Lipinski definition) is 15. The number of nitrogens with one attached hydrogen (secondary N) is 11. The van der Waals surface area contributed by atoms with Crippen LogP contribution in [0, 0.1) is 0 Å². The summed E-state index contributed by atoms with van der Waals surface area (Å²) in [5, 5.41) is 26.5. The molecule has 2 heterocycles. The summed E-state index contributed by atoms with van der Waals surface area (Å²) in [6.07, 6.45) is 4.29. The maximum atomic E-state index is 14.8. The number of aliphatic imine (C=N–C) groups is 2. The number of amides is 10. The molecule has 10 amide bonds. The van der Waals surface area contributed by atoms with E-state index in [0.29, 0.717) is 16.8 Å². The Hall–Kier alpha value is -10.2. The predicted molar refractivity (Wildman–Crippen MR) is 358 cm³/mol. The fraction of sp³-hybridized carbons (Fsp3) is 0.371. The third kappa shape index (κ3) is 22.6. The average molecular weight is 1320 g/mol. The average Bonchev–Trinajstić information content (AvgIpc) is 1.90. The quantitative estimate of drug-likeness (QED) is 0.00891. The van der Waals surface area contributed by atoms with Gasteiger partial charge in [0.05, 0.1) is 6.33 Å². The number of thiol groups is 2. The third-order valence-corrected chi connectivity index (χ3v) is 15.6. The Labute approximate surface area is 547 Å². The van der Waals surface area contributed by atoms with Gasteiger partial charge in [-0.05, 0) is 66.1 Å². The highest BCUT2D eigenvalue weighted by Gasteiger charge is 2.35. The van der Waals surface area contributed by atoms with Crippen molar-refractivity contribution in [3.05, 3.63) is 138 Å². The summed E-state index contributed by atoms with van der Waals surface area (Å²) in [7, 11) is 0. The van der Waals surface area contributed by atoms with Gasteiger partial charge in [0.25, 0.3) is 0 Å². The van der Waals surface area contributed by atoms with Crippen LogP contribution in [0.15, 0.2) is 126 Å². The summed E-state index contributed by atoms with van der Waals surface area (Å²) in [6.45, 7) is 2.70. The second kappa shape index (κ2) is 36.0. The molecule has 0 saturated carbocycles. The van der Waals surface area contributed by atoms with Gasteiger partial charge in [-0.2, -0.15) is 25.3 Å². The minimum absolute atomic E-state index is 0.0225. The Balaban J connectivity index is 1.19. The van der Waals surface area contributed by atoms with Crippen LogP contribution in [-0.4, -0.2) is 165 Å². The molecule has 6 aromatic rings. The van der Waals surface area contributed by atoms with Gasteiger partial charge < -0.3 is 86.5 Å². The molecule has 0 aliphatic rings. The molecule has 0 fully saturated rings. The van der Waals surface area contributed by atoms with E-state index < -0.39 is 113 Å². The molecule has 2 aromatic heterocycles. The Morgan fingerprint density at radius 2 is 0.935 bits per heavy atom. The Kier molecular flexibility index (Phi) is 27.8. The van der Waals surface area contributed by atoms with Gasteiger partial charge in [-0.25, -0.2) is 4.98 Å². The van der Waals surface area contributed by atoms with Crippen LogP contribution >= 0.6 is 25.3 Å². The molecule has 0 aliphatic heterocycles. The summed E-state index contributed by atoms with van der Waals surface area (Å²) < 4.78 is 0. The minimum Gasteiger partial charge on any atom is -0.370 e. The van der Waals surface area contributed by atoms with Crippen molar-refractivity contribution in [2.45, 2.75) is 120 Å². The summed E-state index contributed by atoms with van der Waals surface area (Å²) in [5.41, 5.74) is 30.9. The van der Waals surface area contributed by atoms with Crippen LogP contribution in [0.5, 0.6) is 0 Å². The number of carbonyl (C=O) groups excluding carboxylic acids is 10. The Bertz CT molecular complexity index is 3610. The van der Waals surface area contributed by atoms with Gasteiger partial charge in [0, 0.05) is 86.2 Å². The van der Waals surface area contributed by atoms with E-state index in [4.69, 9.17) is 28.7 Å². The molecule has 31 heteroatoms. The van der Waals surface area contributed by atoms with Gasteiger partial charge >= 0.3 is 0 Å².